The molecule has 0 saturated heterocycles. The molecule has 2 N–H and O–H groups in total. The fraction of sp³-hybridized carbons (Fsp3) is 0.235. The van der Waals surface area contributed by atoms with E-state index in [0.29, 0.717) is 10.6 Å². The van der Waals surface area contributed by atoms with Crippen LogP contribution in [0, 0.1) is 0 Å². The SMILES string of the molecule is O=C(O)c1cc(NS(=O)(=O)CCc2ccccc2Cl)cc2c1OCCO2. The first-order valence-electron chi connectivity index (χ1n) is 7.76. The standard InChI is InChI=1S/C17H16ClNO6S/c18-14-4-2-1-3-11(14)5-8-26(22,23)19-12-9-13(17(20)21)16-15(10-12)24-6-7-25-16/h1-4,9-10,19H,5-8H2,(H,20,21). The van der Waals surface area contributed by atoms with E-state index in [2.05, 4.69) is 4.72 Å². The Kier molecular flexibility index (Phi) is 5.24. The topological polar surface area (TPSA) is 102 Å². The van der Waals surface area contributed by atoms with E-state index in [1.54, 1.807) is 24.3 Å². The first kappa shape index (κ1) is 18.3. The van der Waals surface area contributed by atoms with Gasteiger partial charge in [-0.25, -0.2) is 13.2 Å². The van der Waals surface area contributed by atoms with Gasteiger partial charge in [0.15, 0.2) is 11.5 Å². The van der Waals surface area contributed by atoms with Gasteiger partial charge in [0.1, 0.15) is 18.8 Å². The smallest absolute Gasteiger partial charge is 0.339 e. The molecule has 0 spiro atoms. The van der Waals surface area contributed by atoms with Gasteiger partial charge >= 0.3 is 5.97 Å². The minimum atomic E-state index is -3.72. The van der Waals surface area contributed by atoms with E-state index in [0.717, 1.165) is 0 Å². The van der Waals surface area contributed by atoms with Crippen molar-refractivity contribution in [3.63, 3.8) is 0 Å². The summed E-state index contributed by atoms with van der Waals surface area (Å²) < 4.78 is 37.8. The van der Waals surface area contributed by atoms with Crippen LogP contribution >= 0.6 is 11.6 Å². The molecule has 1 heterocycles. The Balaban J connectivity index is 1.80. The van der Waals surface area contributed by atoms with E-state index in [1.165, 1.54) is 12.1 Å². The predicted octanol–water partition coefficient (Wildman–Crippen LogP) is 2.79. The van der Waals surface area contributed by atoms with E-state index in [-0.39, 0.29) is 48.1 Å². The number of anilines is 1. The number of carboxylic acid groups (broad SMARTS) is 1. The Morgan fingerprint density at radius 1 is 1.19 bits per heavy atom. The number of halogens is 1. The van der Waals surface area contributed by atoms with Crippen molar-refractivity contribution in [2.75, 3.05) is 23.7 Å². The lowest BCUT2D eigenvalue weighted by Gasteiger charge is -2.21. The number of benzene rings is 2. The zero-order chi connectivity index (χ0) is 18.7. The van der Waals surface area contributed by atoms with Crippen molar-refractivity contribution >= 4 is 33.3 Å². The normalized spacial score (nSPS) is 13.3. The second-order valence-corrected chi connectivity index (χ2v) is 7.86. The third-order valence-corrected chi connectivity index (χ3v) is 5.40. The zero-order valence-electron chi connectivity index (χ0n) is 13.6. The number of hydrogen-bond acceptors (Lipinski definition) is 5. The highest BCUT2D eigenvalue weighted by Gasteiger charge is 2.23. The number of fused-ring (bicyclic) bond motifs is 1. The molecule has 0 aliphatic carbocycles. The van der Waals surface area contributed by atoms with Crippen molar-refractivity contribution in [1.29, 1.82) is 0 Å². The third-order valence-electron chi connectivity index (χ3n) is 3.74. The van der Waals surface area contributed by atoms with Gasteiger partial charge in [0, 0.05) is 11.1 Å². The zero-order valence-corrected chi connectivity index (χ0v) is 15.1. The summed E-state index contributed by atoms with van der Waals surface area (Å²) in [5, 5.41) is 9.81. The maximum Gasteiger partial charge on any atom is 0.339 e. The van der Waals surface area contributed by atoms with Crippen LogP contribution in [-0.2, 0) is 16.4 Å². The molecule has 1 aliphatic heterocycles. The first-order valence-corrected chi connectivity index (χ1v) is 9.79. The molecule has 0 amide bonds. The molecule has 2 aromatic rings. The second kappa shape index (κ2) is 7.43. The van der Waals surface area contributed by atoms with Gasteiger partial charge in [-0.2, -0.15) is 0 Å². The minimum Gasteiger partial charge on any atom is -0.486 e. The molecule has 0 saturated carbocycles. The van der Waals surface area contributed by atoms with Gasteiger partial charge in [-0.15, -0.1) is 0 Å². The summed E-state index contributed by atoms with van der Waals surface area (Å²) in [5.41, 5.74) is 0.657. The molecule has 0 bridgehead atoms. The van der Waals surface area contributed by atoms with Gasteiger partial charge in [-0.05, 0) is 24.1 Å². The monoisotopic (exact) mass is 397 g/mol. The molecule has 138 valence electrons. The van der Waals surface area contributed by atoms with Crippen molar-refractivity contribution < 1.29 is 27.8 Å². The molecule has 1 aliphatic rings. The summed E-state index contributed by atoms with van der Waals surface area (Å²) >= 11 is 6.04. The number of aryl methyl sites for hydroxylation is 1. The van der Waals surface area contributed by atoms with Crippen LogP contribution in [0.15, 0.2) is 36.4 Å². The average molecular weight is 398 g/mol. The van der Waals surface area contributed by atoms with Gasteiger partial charge in [0.05, 0.1) is 11.4 Å². The second-order valence-electron chi connectivity index (χ2n) is 5.62. The Labute approximate surface area is 155 Å². The van der Waals surface area contributed by atoms with E-state index in [9.17, 15) is 18.3 Å². The summed E-state index contributed by atoms with van der Waals surface area (Å²) in [6, 6.07) is 9.61. The highest BCUT2D eigenvalue weighted by Crippen LogP contribution is 2.37. The van der Waals surface area contributed by atoms with Crippen molar-refractivity contribution in [1.82, 2.24) is 0 Å². The number of carboxylic acids is 1. The molecular formula is C17H16ClNO6S. The summed E-state index contributed by atoms with van der Waals surface area (Å²) in [6.45, 7) is 0.491. The van der Waals surface area contributed by atoms with E-state index in [1.807, 2.05) is 0 Å². The van der Waals surface area contributed by atoms with Gasteiger partial charge < -0.3 is 14.6 Å². The highest BCUT2D eigenvalue weighted by molar-refractivity contribution is 7.92. The van der Waals surface area contributed by atoms with Crippen LogP contribution in [0.2, 0.25) is 5.02 Å². The van der Waals surface area contributed by atoms with Crippen molar-refractivity contribution in [3.8, 4) is 11.5 Å². The molecule has 26 heavy (non-hydrogen) atoms. The summed E-state index contributed by atoms with van der Waals surface area (Å²) in [7, 11) is -3.72. The van der Waals surface area contributed by atoms with E-state index < -0.39 is 16.0 Å². The Morgan fingerprint density at radius 3 is 2.65 bits per heavy atom. The van der Waals surface area contributed by atoms with Gasteiger partial charge in [-0.1, -0.05) is 29.8 Å². The summed E-state index contributed by atoms with van der Waals surface area (Å²) in [5.74, 6) is -1.14. The number of aromatic carboxylic acids is 1. The predicted molar refractivity (Wildman–Crippen MR) is 97.0 cm³/mol. The Bertz CT molecular complexity index is 944. The van der Waals surface area contributed by atoms with Crippen molar-refractivity contribution in [3.05, 3.63) is 52.5 Å². The van der Waals surface area contributed by atoms with E-state index in [4.69, 9.17) is 21.1 Å². The fourth-order valence-electron chi connectivity index (χ4n) is 2.55. The molecule has 3 rings (SSSR count). The Hall–Kier alpha value is -2.45. The lowest BCUT2D eigenvalue weighted by atomic mass is 10.1. The number of hydrogen-bond donors (Lipinski definition) is 2. The Morgan fingerprint density at radius 2 is 1.92 bits per heavy atom. The van der Waals surface area contributed by atoms with Gasteiger partial charge in [-0.3, -0.25) is 4.72 Å². The lowest BCUT2D eigenvalue weighted by molar-refractivity contribution is 0.0686. The van der Waals surface area contributed by atoms with Crippen molar-refractivity contribution in [2.45, 2.75) is 6.42 Å². The van der Waals surface area contributed by atoms with Gasteiger partial charge in [0.25, 0.3) is 0 Å². The van der Waals surface area contributed by atoms with Crippen LogP contribution in [0.1, 0.15) is 15.9 Å². The summed E-state index contributed by atoms with van der Waals surface area (Å²) in [6.07, 6.45) is 0.228. The number of rotatable bonds is 6. The molecule has 0 radical (unpaired) electrons. The molecule has 0 fully saturated rings. The molecule has 9 heteroatoms. The first-order chi connectivity index (χ1) is 12.4. The molecule has 7 nitrogen and oxygen atoms in total. The third kappa shape index (κ3) is 4.20. The molecule has 0 aromatic heterocycles. The van der Waals surface area contributed by atoms with Crippen LogP contribution in [-0.4, -0.2) is 38.5 Å². The number of ether oxygens (including phenoxy) is 2. The number of sulfonamides is 1. The van der Waals surface area contributed by atoms with Crippen LogP contribution in [0.5, 0.6) is 11.5 Å². The van der Waals surface area contributed by atoms with Crippen LogP contribution in [0.25, 0.3) is 0 Å². The lowest BCUT2D eigenvalue weighted by Crippen LogP contribution is -2.21. The van der Waals surface area contributed by atoms with Crippen LogP contribution in [0.4, 0.5) is 5.69 Å². The number of nitrogens with one attached hydrogen (secondary N) is 1. The van der Waals surface area contributed by atoms with Crippen LogP contribution < -0.4 is 14.2 Å². The maximum absolute atomic E-state index is 12.4. The molecule has 0 unspecified atom stereocenters. The van der Waals surface area contributed by atoms with Gasteiger partial charge in [0.2, 0.25) is 10.0 Å². The number of carbonyl (C=O) groups is 1. The quantitative estimate of drug-likeness (QED) is 0.777. The fourth-order valence-corrected chi connectivity index (χ4v) is 3.85. The minimum absolute atomic E-state index is 0.0998. The maximum atomic E-state index is 12.4. The molecule has 2 aromatic carbocycles. The van der Waals surface area contributed by atoms with Crippen LogP contribution in [0.3, 0.4) is 0 Å². The highest BCUT2D eigenvalue weighted by atomic mass is 35.5. The largest absolute Gasteiger partial charge is 0.486 e. The van der Waals surface area contributed by atoms with Crippen molar-refractivity contribution in [2.24, 2.45) is 0 Å². The van der Waals surface area contributed by atoms with E-state index >= 15 is 0 Å². The molecule has 0 atom stereocenters. The average Bonchev–Trinajstić information content (AvgIpc) is 2.60. The molecular weight excluding hydrogens is 382 g/mol. The summed E-state index contributed by atoms with van der Waals surface area (Å²) in [4.78, 5) is 11.4.